The molecule has 0 radical (unpaired) electrons. The van der Waals surface area contributed by atoms with Gasteiger partial charge in [0, 0.05) is 38.2 Å². The molecular formula is C65H50N4. The number of benzene rings is 10. The maximum absolute atomic E-state index is 5.37. The molecule has 0 bridgehead atoms. The summed E-state index contributed by atoms with van der Waals surface area (Å²) in [6, 6.07) is 74.6. The van der Waals surface area contributed by atoms with E-state index >= 15 is 0 Å². The van der Waals surface area contributed by atoms with E-state index in [4.69, 9.17) is 15.0 Å². The highest BCUT2D eigenvalue weighted by atomic mass is 15.0. The Kier molecular flexibility index (Phi) is 9.32. The van der Waals surface area contributed by atoms with E-state index < -0.39 is 0 Å². The highest BCUT2D eigenvalue weighted by Gasteiger charge is 2.38. The van der Waals surface area contributed by atoms with Gasteiger partial charge in [0.25, 0.3) is 0 Å². The van der Waals surface area contributed by atoms with Crippen molar-refractivity contribution in [2.75, 3.05) is 0 Å². The molecule has 0 unspecified atom stereocenters. The molecule has 330 valence electrons. The third-order valence-electron chi connectivity index (χ3n) is 15.1. The highest BCUT2D eigenvalue weighted by molar-refractivity contribution is 6.20. The number of hydrogen-bond donors (Lipinski definition) is 0. The molecule has 2 aromatic heterocycles. The molecule has 4 nitrogen and oxygen atoms in total. The zero-order valence-corrected chi connectivity index (χ0v) is 39.3. The summed E-state index contributed by atoms with van der Waals surface area (Å²) in [5, 5.41) is 9.70. The molecule has 0 saturated heterocycles. The fourth-order valence-corrected chi connectivity index (χ4v) is 11.3. The molecule has 10 aromatic carbocycles. The van der Waals surface area contributed by atoms with E-state index in [-0.39, 0.29) is 10.8 Å². The molecule has 0 amide bonds. The zero-order chi connectivity index (χ0) is 46.4. The Balaban J connectivity index is 1.03. The van der Waals surface area contributed by atoms with Crippen molar-refractivity contribution < 1.29 is 0 Å². The summed E-state index contributed by atoms with van der Waals surface area (Å²) in [7, 11) is 0. The van der Waals surface area contributed by atoms with E-state index in [1.165, 1.54) is 66.5 Å². The van der Waals surface area contributed by atoms with Gasteiger partial charge in [0.05, 0.1) is 16.7 Å². The lowest BCUT2D eigenvalue weighted by atomic mass is 9.63. The van der Waals surface area contributed by atoms with Crippen molar-refractivity contribution in [2.45, 2.75) is 51.4 Å². The van der Waals surface area contributed by atoms with Crippen LogP contribution in [0.1, 0.15) is 51.7 Å². The Morgan fingerprint density at radius 2 is 0.899 bits per heavy atom. The zero-order valence-electron chi connectivity index (χ0n) is 39.3. The number of aromatic nitrogens is 4. The SMILES string of the molecule is CC1(C)CCC(C)(C)c2cc3c(cc21)c1ccc2ccccc2c1n3-c1cccc2c(-c3nc(-c4ccc(-c5cccc6ccccc56)cc4)nc(-c4cccc(-c5ccccc5)c4)n3)cccc12. The minimum absolute atomic E-state index is 0.0548. The van der Waals surface area contributed by atoms with Crippen LogP contribution in [0.15, 0.2) is 206 Å². The van der Waals surface area contributed by atoms with Crippen LogP contribution in [0.3, 0.4) is 0 Å². The van der Waals surface area contributed by atoms with Crippen LogP contribution >= 0.6 is 0 Å². The third kappa shape index (κ3) is 6.77. The number of fused-ring (bicyclic) bond motifs is 8. The monoisotopic (exact) mass is 886 g/mol. The van der Waals surface area contributed by atoms with Crippen molar-refractivity contribution in [2.24, 2.45) is 0 Å². The van der Waals surface area contributed by atoms with Gasteiger partial charge in [0.15, 0.2) is 17.5 Å². The van der Waals surface area contributed by atoms with Gasteiger partial charge >= 0.3 is 0 Å². The topological polar surface area (TPSA) is 43.6 Å². The maximum Gasteiger partial charge on any atom is 0.164 e. The van der Waals surface area contributed by atoms with Crippen LogP contribution < -0.4 is 0 Å². The van der Waals surface area contributed by atoms with E-state index in [0.29, 0.717) is 17.5 Å². The molecule has 13 rings (SSSR count). The Morgan fingerprint density at radius 1 is 0.348 bits per heavy atom. The average Bonchev–Trinajstić information content (AvgIpc) is 3.73. The average molecular weight is 887 g/mol. The first kappa shape index (κ1) is 41.0. The molecule has 0 atom stereocenters. The van der Waals surface area contributed by atoms with Gasteiger partial charge < -0.3 is 4.57 Å². The lowest BCUT2D eigenvalue weighted by Gasteiger charge is -2.42. The molecular weight excluding hydrogens is 837 g/mol. The van der Waals surface area contributed by atoms with Gasteiger partial charge in [-0.15, -0.1) is 0 Å². The smallest absolute Gasteiger partial charge is 0.164 e. The second kappa shape index (κ2) is 15.7. The lowest BCUT2D eigenvalue weighted by molar-refractivity contribution is 0.332. The number of rotatable bonds is 6. The van der Waals surface area contributed by atoms with Crippen molar-refractivity contribution in [3.63, 3.8) is 0 Å². The van der Waals surface area contributed by atoms with Gasteiger partial charge in [0.2, 0.25) is 0 Å². The normalized spacial score (nSPS) is 14.2. The second-order valence-corrected chi connectivity index (χ2v) is 20.2. The Bertz CT molecular complexity index is 4000. The molecule has 4 heteroatoms. The predicted octanol–water partition coefficient (Wildman–Crippen LogP) is 17.1. The van der Waals surface area contributed by atoms with Gasteiger partial charge in [-0.2, -0.15) is 0 Å². The first-order valence-corrected chi connectivity index (χ1v) is 24.2. The molecule has 0 N–H and O–H groups in total. The molecule has 2 heterocycles. The minimum atomic E-state index is 0.0548. The van der Waals surface area contributed by atoms with Gasteiger partial charge in [0.1, 0.15) is 0 Å². The van der Waals surface area contributed by atoms with Crippen LogP contribution in [-0.2, 0) is 10.8 Å². The number of nitrogens with zero attached hydrogens (tertiary/aromatic N) is 4. The standard InChI is InChI=1S/C65H50N4/c1-64(2)36-37-65(3,4)57-40-59-55(39-56(57)64)53-35-34-43-19-9-11-24-50(43)60(53)69(59)58-29-15-26-51-52(58)27-14-28-54(51)63-67-61(66-62(68-63)47-22-12-21-46(38-47)41-16-6-5-7-17-41)45-32-30-44(31-33-45)49-25-13-20-42-18-8-10-23-48(42)49/h5-35,38-40H,36-37H2,1-4H3. The summed E-state index contributed by atoms with van der Waals surface area (Å²) in [6.07, 6.45) is 2.32. The first-order valence-electron chi connectivity index (χ1n) is 24.2. The van der Waals surface area contributed by atoms with E-state index in [1.807, 2.05) is 0 Å². The molecule has 1 aliphatic rings. The van der Waals surface area contributed by atoms with Crippen LogP contribution in [0.4, 0.5) is 0 Å². The van der Waals surface area contributed by atoms with E-state index in [0.717, 1.165) is 56.3 Å². The molecule has 69 heavy (non-hydrogen) atoms. The summed E-state index contributed by atoms with van der Waals surface area (Å²) in [6.45, 7) is 9.70. The Labute approximate surface area is 402 Å². The van der Waals surface area contributed by atoms with Crippen molar-refractivity contribution in [3.05, 3.63) is 217 Å². The van der Waals surface area contributed by atoms with E-state index in [1.54, 1.807) is 0 Å². The van der Waals surface area contributed by atoms with Crippen LogP contribution in [0.2, 0.25) is 0 Å². The van der Waals surface area contributed by atoms with Crippen LogP contribution in [0.25, 0.3) is 116 Å². The minimum Gasteiger partial charge on any atom is -0.308 e. The van der Waals surface area contributed by atoms with Crippen LogP contribution in [-0.4, -0.2) is 19.5 Å². The Morgan fingerprint density at radius 3 is 1.70 bits per heavy atom. The summed E-state index contributed by atoms with van der Waals surface area (Å²) in [5.74, 6) is 1.89. The lowest BCUT2D eigenvalue weighted by Crippen LogP contribution is -2.33. The largest absolute Gasteiger partial charge is 0.308 e. The predicted molar refractivity (Wildman–Crippen MR) is 289 cm³/mol. The van der Waals surface area contributed by atoms with Crippen molar-refractivity contribution >= 4 is 54.1 Å². The second-order valence-electron chi connectivity index (χ2n) is 20.2. The molecule has 0 spiro atoms. The van der Waals surface area contributed by atoms with E-state index in [9.17, 15) is 0 Å². The fraction of sp³-hybridized carbons (Fsp3) is 0.123. The van der Waals surface area contributed by atoms with Crippen molar-refractivity contribution in [3.8, 4) is 62.1 Å². The molecule has 1 aliphatic carbocycles. The summed E-state index contributed by atoms with van der Waals surface area (Å²) >= 11 is 0. The summed E-state index contributed by atoms with van der Waals surface area (Å²) in [5.41, 5.74) is 14.1. The maximum atomic E-state index is 5.37. The quantitative estimate of drug-likeness (QED) is 0.167. The van der Waals surface area contributed by atoms with Gasteiger partial charge in [-0.3, -0.25) is 0 Å². The Hall–Kier alpha value is -8.21. The van der Waals surface area contributed by atoms with Gasteiger partial charge in [-0.1, -0.05) is 210 Å². The van der Waals surface area contributed by atoms with Gasteiger partial charge in [-0.05, 0) is 103 Å². The van der Waals surface area contributed by atoms with Gasteiger partial charge in [-0.25, -0.2) is 15.0 Å². The molecule has 0 aliphatic heterocycles. The van der Waals surface area contributed by atoms with Crippen molar-refractivity contribution in [1.29, 1.82) is 0 Å². The van der Waals surface area contributed by atoms with E-state index in [2.05, 4.69) is 239 Å². The molecule has 12 aromatic rings. The molecule has 0 fully saturated rings. The number of hydrogen-bond acceptors (Lipinski definition) is 3. The summed E-state index contributed by atoms with van der Waals surface area (Å²) < 4.78 is 2.55. The first-order chi connectivity index (χ1) is 33.7. The van der Waals surface area contributed by atoms with Crippen molar-refractivity contribution in [1.82, 2.24) is 19.5 Å². The fourth-order valence-electron chi connectivity index (χ4n) is 11.3. The third-order valence-corrected chi connectivity index (χ3v) is 15.1. The van der Waals surface area contributed by atoms with Crippen LogP contribution in [0, 0.1) is 0 Å². The highest BCUT2D eigenvalue weighted by Crippen LogP contribution is 2.49. The summed E-state index contributed by atoms with van der Waals surface area (Å²) in [4.78, 5) is 16.0. The molecule has 0 saturated carbocycles. The van der Waals surface area contributed by atoms with Crippen LogP contribution in [0.5, 0.6) is 0 Å².